The zero-order valence-electron chi connectivity index (χ0n) is 11.0. The van der Waals surface area contributed by atoms with Gasteiger partial charge in [0.2, 0.25) is 0 Å². The molecule has 1 heterocycles. The number of carbonyl (C=O) groups is 1. The second-order valence-corrected chi connectivity index (χ2v) is 3.89. The maximum Gasteiger partial charge on any atom is 0.259 e. The molecule has 1 aromatic heterocycles. The number of benzene rings is 1. The minimum atomic E-state index is -0.277. The van der Waals surface area contributed by atoms with E-state index >= 15 is 0 Å². The van der Waals surface area contributed by atoms with Gasteiger partial charge >= 0.3 is 0 Å². The van der Waals surface area contributed by atoms with Crippen molar-refractivity contribution in [3.8, 4) is 17.6 Å². The van der Waals surface area contributed by atoms with Crippen molar-refractivity contribution >= 4 is 11.6 Å². The molecule has 0 atom stereocenters. The second-order valence-electron chi connectivity index (χ2n) is 3.89. The van der Waals surface area contributed by atoms with Gasteiger partial charge in [0, 0.05) is 5.56 Å². The van der Waals surface area contributed by atoms with Crippen LogP contribution < -0.4 is 15.8 Å². The van der Waals surface area contributed by atoms with E-state index in [1.54, 1.807) is 24.3 Å². The summed E-state index contributed by atoms with van der Waals surface area (Å²) < 4.78 is 10.1. The number of methoxy groups -OCH3 is 1. The molecular weight excluding hydrogens is 256 g/mol. The van der Waals surface area contributed by atoms with Gasteiger partial charge in [-0.3, -0.25) is 4.79 Å². The highest BCUT2D eigenvalue weighted by atomic mass is 16.5. The third-order valence-corrected chi connectivity index (χ3v) is 2.57. The van der Waals surface area contributed by atoms with Crippen molar-refractivity contribution in [2.75, 3.05) is 19.0 Å². The van der Waals surface area contributed by atoms with Crippen LogP contribution >= 0.6 is 0 Å². The van der Waals surface area contributed by atoms with E-state index < -0.39 is 0 Å². The van der Waals surface area contributed by atoms with E-state index in [1.165, 1.54) is 19.6 Å². The summed E-state index contributed by atoms with van der Waals surface area (Å²) >= 11 is 0. The first-order valence-electron chi connectivity index (χ1n) is 5.95. The Labute approximate surface area is 116 Å². The Morgan fingerprint density at radius 2 is 2.30 bits per heavy atom. The molecule has 0 saturated heterocycles. The Hall–Kier alpha value is -2.71. The lowest BCUT2D eigenvalue weighted by molar-refractivity contribution is 0.102. The van der Waals surface area contributed by atoms with Crippen LogP contribution in [0.3, 0.4) is 0 Å². The van der Waals surface area contributed by atoms with Gasteiger partial charge < -0.3 is 20.2 Å². The second kappa shape index (κ2) is 6.45. The predicted octanol–water partition coefficient (Wildman–Crippen LogP) is 1.85. The van der Waals surface area contributed by atoms with Gasteiger partial charge in [-0.2, -0.15) is 0 Å². The van der Waals surface area contributed by atoms with Gasteiger partial charge in [0.1, 0.15) is 12.0 Å². The molecule has 0 fully saturated rings. The van der Waals surface area contributed by atoms with Gasteiger partial charge in [0.15, 0.2) is 0 Å². The highest BCUT2D eigenvalue weighted by molar-refractivity contribution is 6.04. The van der Waals surface area contributed by atoms with Gasteiger partial charge in [0.25, 0.3) is 5.91 Å². The predicted molar refractivity (Wildman–Crippen MR) is 75.6 cm³/mol. The molecule has 0 saturated carbocycles. The molecule has 2 aromatic rings. The third kappa shape index (κ3) is 3.19. The van der Waals surface area contributed by atoms with Crippen LogP contribution in [-0.4, -0.2) is 19.6 Å². The smallest absolute Gasteiger partial charge is 0.259 e. The van der Waals surface area contributed by atoms with Crippen LogP contribution in [0.4, 0.5) is 5.69 Å². The van der Waals surface area contributed by atoms with Crippen molar-refractivity contribution in [3.63, 3.8) is 0 Å². The van der Waals surface area contributed by atoms with E-state index in [1.807, 2.05) is 0 Å². The molecule has 5 nitrogen and oxygen atoms in total. The van der Waals surface area contributed by atoms with Crippen LogP contribution in [0.2, 0.25) is 0 Å². The molecule has 1 amide bonds. The number of carbonyl (C=O) groups excluding carboxylic acids is 1. The first kappa shape index (κ1) is 13.7. The summed E-state index contributed by atoms with van der Waals surface area (Å²) in [4.78, 5) is 12.0. The molecule has 2 rings (SSSR count). The normalized spacial score (nSPS) is 9.50. The fourth-order valence-corrected chi connectivity index (χ4v) is 1.62. The summed E-state index contributed by atoms with van der Waals surface area (Å²) in [5, 5.41) is 2.76. The van der Waals surface area contributed by atoms with Gasteiger partial charge in [0.05, 0.1) is 31.2 Å². The highest BCUT2D eigenvalue weighted by Gasteiger charge is 2.11. The fourth-order valence-electron chi connectivity index (χ4n) is 1.62. The Morgan fingerprint density at radius 1 is 1.45 bits per heavy atom. The highest BCUT2D eigenvalue weighted by Crippen LogP contribution is 2.25. The maximum absolute atomic E-state index is 12.0. The molecule has 1 aromatic carbocycles. The molecular formula is C15H14N2O3. The van der Waals surface area contributed by atoms with Crippen LogP contribution in [0, 0.1) is 11.8 Å². The van der Waals surface area contributed by atoms with Gasteiger partial charge in [-0.1, -0.05) is 11.8 Å². The number of rotatable bonds is 3. The summed E-state index contributed by atoms with van der Waals surface area (Å²) in [7, 11) is 1.54. The van der Waals surface area contributed by atoms with Crippen LogP contribution in [0.5, 0.6) is 5.75 Å². The van der Waals surface area contributed by atoms with Crippen molar-refractivity contribution in [2.45, 2.75) is 0 Å². The number of amides is 1. The third-order valence-electron chi connectivity index (χ3n) is 2.57. The fraction of sp³-hybridized carbons (Fsp3) is 0.133. The lowest BCUT2D eigenvalue weighted by Gasteiger charge is -2.09. The van der Waals surface area contributed by atoms with Crippen LogP contribution in [0.15, 0.2) is 41.2 Å². The molecule has 0 bridgehead atoms. The zero-order chi connectivity index (χ0) is 14.4. The molecule has 0 aliphatic heterocycles. The average molecular weight is 270 g/mol. The van der Waals surface area contributed by atoms with E-state index in [4.69, 9.17) is 14.9 Å². The molecule has 0 aliphatic rings. The first-order chi connectivity index (χ1) is 9.74. The molecule has 20 heavy (non-hydrogen) atoms. The van der Waals surface area contributed by atoms with Crippen molar-refractivity contribution in [1.29, 1.82) is 0 Å². The summed E-state index contributed by atoms with van der Waals surface area (Å²) in [6, 6.07) is 6.86. The number of anilines is 1. The van der Waals surface area contributed by atoms with E-state index in [0.717, 1.165) is 5.56 Å². The standard InChI is InChI=1S/C15H14N2O3/c1-19-14-5-4-11(3-2-7-16)9-13(14)17-15(18)12-6-8-20-10-12/h4-6,8-10H,7,16H2,1H3,(H,17,18). The number of ether oxygens (including phenoxy) is 1. The Balaban J connectivity index is 2.26. The van der Waals surface area contributed by atoms with E-state index in [9.17, 15) is 4.79 Å². The number of nitrogens with two attached hydrogens (primary N) is 1. The van der Waals surface area contributed by atoms with Gasteiger partial charge in [-0.15, -0.1) is 0 Å². The van der Waals surface area contributed by atoms with Crippen LogP contribution in [0.25, 0.3) is 0 Å². The molecule has 5 heteroatoms. The van der Waals surface area contributed by atoms with E-state index in [0.29, 0.717) is 17.0 Å². The SMILES string of the molecule is COc1ccc(C#CCN)cc1NC(=O)c1ccoc1. The Kier molecular flexibility index (Phi) is 4.43. The van der Waals surface area contributed by atoms with Crippen molar-refractivity contribution in [1.82, 2.24) is 0 Å². The summed E-state index contributed by atoms with van der Waals surface area (Å²) in [6.45, 7) is 0.280. The number of hydrogen-bond acceptors (Lipinski definition) is 4. The van der Waals surface area contributed by atoms with Crippen molar-refractivity contribution in [2.24, 2.45) is 5.73 Å². The lowest BCUT2D eigenvalue weighted by Crippen LogP contribution is -2.11. The molecule has 0 radical (unpaired) electrons. The van der Waals surface area contributed by atoms with E-state index in [2.05, 4.69) is 17.2 Å². The molecule has 102 valence electrons. The average Bonchev–Trinajstić information content (AvgIpc) is 2.99. The molecule has 0 spiro atoms. The van der Waals surface area contributed by atoms with Gasteiger partial charge in [-0.05, 0) is 24.3 Å². The first-order valence-corrected chi connectivity index (χ1v) is 5.95. The van der Waals surface area contributed by atoms with Crippen LogP contribution in [-0.2, 0) is 0 Å². The largest absolute Gasteiger partial charge is 0.495 e. The number of hydrogen-bond donors (Lipinski definition) is 2. The Bertz CT molecular complexity index is 651. The van der Waals surface area contributed by atoms with Crippen molar-refractivity contribution < 1.29 is 13.9 Å². The lowest BCUT2D eigenvalue weighted by atomic mass is 10.1. The minimum absolute atomic E-state index is 0.277. The monoisotopic (exact) mass is 270 g/mol. The molecule has 0 unspecified atom stereocenters. The summed E-state index contributed by atoms with van der Waals surface area (Å²) in [6.07, 6.45) is 2.81. The zero-order valence-corrected chi connectivity index (χ0v) is 11.0. The quantitative estimate of drug-likeness (QED) is 0.834. The number of nitrogens with one attached hydrogen (secondary N) is 1. The minimum Gasteiger partial charge on any atom is -0.495 e. The summed E-state index contributed by atoms with van der Waals surface area (Å²) in [5.41, 5.74) is 7.07. The van der Waals surface area contributed by atoms with Gasteiger partial charge in [-0.25, -0.2) is 0 Å². The van der Waals surface area contributed by atoms with E-state index in [-0.39, 0.29) is 12.5 Å². The Morgan fingerprint density at radius 3 is 2.95 bits per heavy atom. The molecule has 0 aliphatic carbocycles. The molecule has 3 N–H and O–H groups in total. The van der Waals surface area contributed by atoms with Crippen LogP contribution in [0.1, 0.15) is 15.9 Å². The maximum atomic E-state index is 12.0. The topological polar surface area (TPSA) is 77.5 Å². The summed E-state index contributed by atoms with van der Waals surface area (Å²) in [5.74, 6) is 5.94. The number of furan rings is 1. The van der Waals surface area contributed by atoms with Crippen molar-refractivity contribution in [3.05, 3.63) is 47.9 Å².